The molecular formula is C21H29N3O2. The van der Waals surface area contributed by atoms with Crippen LogP contribution in [0.25, 0.3) is 10.8 Å². The first-order valence-electron chi connectivity index (χ1n) is 9.32. The minimum atomic E-state index is -0.153. The van der Waals surface area contributed by atoms with Gasteiger partial charge in [-0.15, -0.1) is 0 Å². The number of benzene rings is 2. The van der Waals surface area contributed by atoms with Crippen molar-refractivity contribution in [3.8, 4) is 5.75 Å². The van der Waals surface area contributed by atoms with E-state index >= 15 is 0 Å². The van der Waals surface area contributed by atoms with E-state index in [-0.39, 0.29) is 18.2 Å². The van der Waals surface area contributed by atoms with Crippen LogP contribution in [0.3, 0.4) is 0 Å². The number of nitrogens with one attached hydrogen (secondary N) is 1. The predicted molar refractivity (Wildman–Crippen MR) is 105 cm³/mol. The van der Waals surface area contributed by atoms with Crippen LogP contribution < -0.4 is 10.1 Å². The van der Waals surface area contributed by atoms with E-state index in [1.807, 2.05) is 37.1 Å². The van der Waals surface area contributed by atoms with Crippen molar-refractivity contribution in [1.29, 1.82) is 0 Å². The molecule has 1 fully saturated rings. The van der Waals surface area contributed by atoms with Crippen molar-refractivity contribution < 1.29 is 9.53 Å². The second-order valence-electron chi connectivity index (χ2n) is 7.14. The number of hydrogen-bond donors (Lipinski definition) is 1. The fourth-order valence-corrected chi connectivity index (χ4v) is 3.94. The van der Waals surface area contributed by atoms with E-state index in [0.717, 1.165) is 35.1 Å². The number of methoxy groups -OCH3 is 1. The van der Waals surface area contributed by atoms with Crippen molar-refractivity contribution in [3.05, 3.63) is 42.0 Å². The first-order valence-corrected chi connectivity index (χ1v) is 9.32. The lowest BCUT2D eigenvalue weighted by Crippen LogP contribution is -2.52. The van der Waals surface area contributed by atoms with Crippen LogP contribution in [0.4, 0.5) is 4.79 Å². The van der Waals surface area contributed by atoms with Crippen LogP contribution in [0.15, 0.2) is 36.4 Å². The number of likely N-dealkylation sites (tertiary alicyclic amines) is 1. The Balaban J connectivity index is 1.82. The molecule has 5 nitrogen and oxygen atoms in total. The first kappa shape index (κ1) is 18.5. The Morgan fingerprint density at radius 2 is 2.04 bits per heavy atom. The lowest BCUT2D eigenvalue weighted by atomic mass is 9.98. The lowest BCUT2D eigenvalue weighted by molar-refractivity contribution is 0.0697. The van der Waals surface area contributed by atoms with Crippen LogP contribution >= 0.6 is 0 Å². The summed E-state index contributed by atoms with van der Waals surface area (Å²) in [7, 11) is 5.64. The van der Waals surface area contributed by atoms with Gasteiger partial charge in [0.15, 0.2) is 0 Å². The van der Waals surface area contributed by atoms with E-state index in [0.29, 0.717) is 0 Å². The van der Waals surface area contributed by atoms with Crippen LogP contribution in [0, 0.1) is 0 Å². The monoisotopic (exact) mass is 355 g/mol. The lowest BCUT2D eigenvalue weighted by Gasteiger charge is -2.39. The van der Waals surface area contributed by atoms with Crippen molar-refractivity contribution in [2.24, 2.45) is 0 Å². The topological polar surface area (TPSA) is 44.8 Å². The normalized spacial score (nSPS) is 19.2. The molecule has 0 saturated carbocycles. The van der Waals surface area contributed by atoms with E-state index in [2.05, 4.69) is 35.5 Å². The molecule has 2 unspecified atom stereocenters. The molecule has 2 atom stereocenters. The number of piperidine rings is 1. The molecule has 26 heavy (non-hydrogen) atoms. The summed E-state index contributed by atoms with van der Waals surface area (Å²) in [6, 6.07) is 12.0. The largest absolute Gasteiger partial charge is 0.496 e. The average molecular weight is 355 g/mol. The fraction of sp³-hybridized carbons (Fsp3) is 0.476. The quantitative estimate of drug-likeness (QED) is 0.902. The molecule has 2 aromatic carbocycles. The zero-order valence-corrected chi connectivity index (χ0v) is 16.2. The third-order valence-corrected chi connectivity index (χ3v) is 5.42. The molecule has 0 spiro atoms. The Morgan fingerprint density at radius 1 is 1.27 bits per heavy atom. The number of urea groups is 1. The Labute approximate surface area is 155 Å². The highest BCUT2D eigenvalue weighted by atomic mass is 16.5. The summed E-state index contributed by atoms with van der Waals surface area (Å²) in [4.78, 5) is 16.9. The van der Waals surface area contributed by atoms with Crippen molar-refractivity contribution in [2.75, 3.05) is 27.7 Å². The molecule has 140 valence electrons. The van der Waals surface area contributed by atoms with Gasteiger partial charge in [-0.2, -0.15) is 0 Å². The number of hydrogen-bond acceptors (Lipinski definition) is 3. The summed E-state index contributed by atoms with van der Waals surface area (Å²) in [6.07, 6.45) is 3.54. The standard InChI is InChI=1S/C21H29N3O2/c1-15(22-21(25)24(3)19-11-7-8-14-23(19)2)20-17-10-6-5-9-16(17)12-13-18(20)26-4/h5-6,9-10,12-13,15,19H,7-8,11,14H2,1-4H3,(H,22,25). The number of carbonyl (C=O) groups excluding carboxylic acids is 1. The molecule has 1 aliphatic heterocycles. The van der Waals surface area contributed by atoms with E-state index in [9.17, 15) is 4.79 Å². The molecule has 0 aromatic heterocycles. The Bertz CT molecular complexity index is 777. The van der Waals surface area contributed by atoms with Crippen LogP contribution in [0.5, 0.6) is 5.75 Å². The molecule has 1 saturated heterocycles. The van der Waals surface area contributed by atoms with E-state index in [4.69, 9.17) is 4.74 Å². The molecule has 0 radical (unpaired) electrons. The maximum atomic E-state index is 12.9. The van der Waals surface area contributed by atoms with Gasteiger partial charge >= 0.3 is 6.03 Å². The fourth-order valence-electron chi connectivity index (χ4n) is 3.94. The van der Waals surface area contributed by atoms with Crippen LogP contribution in [0.2, 0.25) is 0 Å². The van der Waals surface area contributed by atoms with Gasteiger partial charge in [0.25, 0.3) is 0 Å². The minimum absolute atomic E-state index is 0.0498. The summed E-state index contributed by atoms with van der Waals surface area (Å²) in [5.74, 6) is 0.800. The van der Waals surface area contributed by atoms with Gasteiger partial charge in [-0.1, -0.05) is 30.3 Å². The molecule has 2 aromatic rings. The molecular weight excluding hydrogens is 326 g/mol. The van der Waals surface area contributed by atoms with Crippen LogP contribution in [-0.2, 0) is 0 Å². The number of ether oxygens (including phenoxy) is 1. The molecule has 0 aliphatic carbocycles. The van der Waals surface area contributed by atoms with Gasteiger partial charge in [-0.25, -0.2) is 4.79 Å². The maximum absolute atomic E-state index is 12.9. The molecule has 0 bridgehead atoms. The van der Waals surface area contributed by atoms with Crippen molar-refractivity contribution in [2.45, 2.75) is 38.4 Å². The second kappa shape index (κ2) is 7.96. The molecule has 1 heterocycles. The highest BCUT2D eigenvalue weighted by Gasteiger charge is 2.27. The third kappa shape index (κ3) is 3.63. The van der Waals surface area contributed by atoms with Crippen molar-refractivity contribution in [3.63, 3.8) is 0 Å². The SMILES string of the molecule is COc1ccc2ccccc2c1C(C)NC(=O)N(C)C1CCCCN1C. The molecule has 5 heteroatoms. The number of rotatable bonds is 4. The van der Waals surface area contributed by atoms with Gasteiger partial charge in [0.05, 0.1) is 19.3 Å². The smallest absolute Gasteiger partial charge is 0.318 e. The van der Waals surface area contributed by atoms with E-state index in [1.54, 1.807) is 7.11 Å². The summed E-state index contributed by atoms with van der Waals surface area (Å²) in [5, 5.41) is 5.41. The van der Waals surface area contributed by atoms with Crippen LogP contribution in [0.1, 0.15) is 37.8 Å². The van der Waals surface area contributed by atoms with Gasteiger partial charge < -0.3 is 15.0 Å². The number of nitrogens with zero attached hydrogens (tertiary/aromatic N) is 2. The highest BCUT2D eigenvalue weighted by molar-refractivity contribution is 5.89. The molecule has 3 rings (SSSR count). The summed E-state index contributed by atoms with van der Waals surface area (Å²) >= 11 is 0. The number of fused-ring (bicyclic) bond motifs is 1. The van der Waals surface area contributed by atoms with E-state index in [1.165, 1.54) is 12.8 Å². The molecule has 1 N–H and O–H groups in total. The Kier molecular flexibility index (Phi) is 5.67. The third-order valence-electron chi connectivity index (χ3n) is 5.42. The highest BCUT2D eigenvalue weighted by Crippen LogP contribution is 2.33. The summed E-state index contributed by atoms with van der Waals surface area (Å²) in [6.45, 7) is 3.05. The number of carbonyl (C=O) groups is 1. The van der Waals surface area contributed by atoms with Gasteiger partial charge in [0, 0.05) is 12.6 Å². The number of amides is 2. The van der Waals surface area contributed by atoms with Gasteiger partial charge in [-0.3, -0.25) is 4.90 Å². The minimum Gasteiger partial charge on any atom is -0.496 e. The zero-order chi connectivity index (χ0) is 18.7. The molecule has 2 amide bonds. The zero-order valence-electron chi connectivity index (χ0n) is 16.2. The molecule has 1 aliphatic rings. The predicted octanol–water partition coefficient (Wildman–Crippen LogP) is 3.99. The van der Waals surface area contributed by atoms with Crippen LogP contribution in [-0.4, -0.2) is 49.7 Å². The maximum Gasteiger partial charge on any atom is 0.318 e. The van der Waals surface area contributed by atoms with E-state index < -0.39 is 0 Å². The van der Waals surface area contributed by atoms with Gasteiger partial charge in [0.2, 0.25) is 0 Å². The van der Waals surface area contributed by atoms with Gasteiger partial charge in [0.1, 0.15) is 5.75 Å². The Hall–Kier alpha value is -2.27. The van der Waals surface area contributed by atoms with Crippen molar-refractivity contribution >= 4 is 16.8 Å². The van der Waals surface area contributed by atoms with Gasteiger partial charge in [-0.05, 0) is 56.6 Å². The second-order valence-corrected chi connectivity index (χ2v) is 7.14. The summed E-state index contributed by atoms with van der Waals surface area (Å²) in [5.41, 5.74) is 1.02. The first-order chi connectivity index (χ1) is 12.5. The summed E-state index contributed by atoms with van der Waals surface area (Å²) < 4.78 is 5.58. The average Bonchev–Trinajstić information content (AvgIpc) is 2.66. The van der Waals surface area contributed by atoms with Crippen molar-refractivity contribution in [1.82, 2.24) is 15.1 Å². The Morgan fingerprint density at radius 3 is 2.77 bits per heavy atom.